The number of esters is 2. The first kappa shape index (κ1) is 43.5. The molecule has 0 saturated heterocycles. The molecule has 4 N–H and O–H groups in total. The van der Waals surface area contributed by atoms with Crippen LogP contribution in [-0.4, -0.2) is 59.9 Å². The van der Waals surface area contributed by atoms with Gasteiger partial charge in [-0.2, -0.15) is 0 Å². The number of carbonyl (C=O) groups excluding carboxylic acids is 2. The van der Waals surface area contributed by atoms with Gasteiger partial charge in [0.1, 0.15) is 12.6 Å². The number of hydrogen-bond donors (Lipinski definition) is 3. The van der Waals surface area contributed by atoms with Gasteiger partial charge in [-0.15, -0.1) is 0 Å². The summed E-state index contributed by atoms with van der Waals surface area (Å²) in [6, 6.07) is -1.51. The third kappa shape index (κ3) is 29.6. The Morgan fingerprint density at radius 2 is 0.978 bits per heavy atom. The molecule has 0 saturated carbocycles. The van der Waals surface area contributed by atoms with Crippen molar-refractivity contribution in [2.45, 2.75) is 174 Å². The topological polar surface area (TPSA) is 172 Å². The Hall–Kier alpha value is -1.52. The number of carbonyl (C=O) groups is 3. The molecule has 0 aromatic rings. The summed E-state index contributed by atoms with van der Waals surface area (Å²) in [6.07, 6.45) is 23.3. The van der Waals surface area contributed by atoms with E-state index in [1.54, 1.807) is 0 Å². The number of phosphoric acid groups is 1. The number of unbranched alkanes of at least 4 members (excludes halogenated alkanes) is 19. The minimum Gasteiger partial charge on any atom is -0.480 e. The van der Waals surface area contributed by atoms with Crippen LogP contribution in [0.4, 0.5) is 0 Å². The van der Waals surface area contributed by atoms with Gasteiger partial charge in [0, 0.05) is 12.8 Å². The van der Waals surface area contributed by atoms with Crippen molar-refractivity contribution in [1.29, 1.82) is 0 Å². The monoisotopic (exact) mass is 665 g/mol. The van der Waals surface area contributed by atoms with Crippen LogP contribution in [0.15, 0.2) is 0 Å². The molecule has 12 heteroatoms. The summed E-state index contributed by atoms with van der Waals surface area (Å²) < 4.78 is 32.4. The number of rotatable bonds is 33. The molecule has 0 amide bonds. The van der Waals surface area contributed by atoms with E-state index in [0.29, 0.717) is 12.8 Å². The maximum Gasteiger partial charge on any atom is 0.472 e. The van der Waals surface area contributed by atoms with Crippen molar-refractivity contribution in [3.8, 4) is 0 Å². The highest BCUT2D eigenvalue weighted by Gasteiger charge is 2.28. The van der Waals surface area contributed by atoms with Gasteiger partial charge in [-0.25, -0.2) is 4.57 Å². The van der Waals surface area contributed by atoms with Crippen LogP contribution in [0.5, 0.6) is 0 Å². The normalized spacial score (nSPS) is 14.0. The number of ether oxygens (including phenoxy) is 2. The van der Waals surface area contributed by atoms with Gasteiger partial charge >= 0.3 is 25.7 Å². The summed E-state index contributed by atoms with van der Waals surface area (Å²) in [5.74, 6) is -2.37. The van der Waals surface area contributed by atoms with Crippen molar-refractivity contribution >= 4 is 25.7 Å². The summed E-state index contributed by atoms with van der Waals surface area (Å²) in [5.41, 5.74) is 5.30. The summed E-state index contributed by atoms with van der Waals surface area (Å²) in [7, 11) is -4.69. The zero-order chi connectivity index (χ0) is 33.6. The third-order valence-corrected chi connectivity index (χ3v) is 8.56. The zero-order valence-electron chi connectivity index (χ0n) is 28.2. The van der Waals surface area contributed by atoms with Gasteiger partial charge in [0.05, 0.1) is 13.2 Å². The van der Waals surface area contributed by atoms with Crippen LogP contribution < -0.4 is 5.73 Å². The molecule has 0 fully saturated rings. The highest BCUT2D eigenvalue weighted by molar-refractivity contribution is 7.47. The minimum atomic E-state index is -4.69. The third-order valence-electron chi connectivity index (χ3n) is 7.61. The first-order chi connectivity index (χ1) is 21.6. The largest absolute Gasteiger partial charge is 0.480 e. The molecule has 0 aliphatic carbocycles. The van der Waals surface area contributed by atoms with E-state index in [1.807, 2.05) is 0 Å². The van der Waals surface area contributed by atoms with Crippen molar-refractivity contribution in [3.05, 3.63) is 0 Å². The van der Waals surface area contributed by atoms with Crippen molar-refractivity contribution < 1.29 is 47.5 Å². The van der Waals surface area contributed by atoms with Gasteiger partial charge in [-0.1, -0.05) is 136 Å². The molecule has 0 spiro atoms. The first-order valence-electron chi connectivity index (χ1n) is 17.6. The molecule has 0 rings (SSSR count). The summed E-state index contributed by atoms with van der Waals surface area (Å²) in [4.78, 5) is 45.5. The summed E-state index contributed by atoms with van der Waals surface area (Å²) >= 11 is 0. The molecule has 0 bridgehead atoms. The Morgan fingerprint density at radius 1 is 0.600 bits per heavy atom. The Balaban J connectivity index is 4.47. The van der Waals surface area contributed by atoms with Crippen LogP contribution in [0.3, 0.4) is 0 Å². The Kier molecular flexibility index (Phi) is 28.8. The first-order valence-corrected chi connectivity index (χ1v) is 19.1. The molecule has 266 valence electrons. The molecular weight excluding hydrogens is 601 g/mol. The standard InChI is InChI=1S/C33H64NO10P/c1-3-5-7-9-11-13-14-15-17-19-21-23-25-32(36)44-29(27-42-45(39,40)43-28-30(34)33(37)38)26-41-31(35)24-22-20-18-16-12-10-8-6-4-2/h29-30H,3-28,34H2,1-2H3,(H,37,38)(H,39,40). The maximum atomic E-state index is 12.5. The molecule has 3 atom stereocenters. The number of phosphoric ester groups is 1. The Morgan fingerprint density at radius 3 is 1.40 bits per heavy atom. The van der Waals surface area contributed by atoms with E-state index >= 15 is 0 Å². The molecule has 0 radical (unpaired) electrons. The van der Waals surface area contributed by atoms with Crippen LogP contribution in [0.2, 0.25) is 0 Å². The predicted octanol–water partition coefficient (Wildman–Crippen LogP) is 8.00. The molecule has 0 aliphatic heterocycles. The number of carboxylic acids is 1. The lowest BCUT2D eigenvalue weighted by Gasteiger charge is -2.20. The van der Waals surface area contributed by atoms with Gasteiger partial charge in [0.2, 0.25) is 0 Å². The second kappa shape index (κ2) is 29.9. The van der Waals surface area contributed by atoms with Crippen LogP contribution in [0, 0.1) is 0 Å². The number of carboxylic acid groups (broad SMARTS) is 1. The van der Waals surface area contributed by atoms with E-state index in [4.69, 9.17) is 24.8 Å². The number of aliphatic carboxylic acids is 1. The predicted molar refractivity (Wildman–Crippen MR) is 176 cm³/mol. The van der Waals surface area contributed by atoms with E-state index in [9.17, 15) is 23.8 Å². The van der Waals surface area contributed by atoms with Crippen molar-refractivity contribution in [2.75, 3.05) is 19.8 Å². The van der Waals surface area contributed by atoms with E-state index < -0.39 is 51.1 Å². The molecule has 0 aliphatic rings. The van der Waals surface area contributed by atoms with Crippen molar-refractivity contribution in [3.63, 3.8) is 0 Å². The fourth-order valence-electron chi connectivity index (χ4n) is 4.77. The summed E-state index contributed by atoms with van der Waals surface area (Å²) in [6.45, 7) is 2.75. The smallest absolute Gasteiger partial charge is 0.472 e. The average molecular weight is 666 g/mol. The fraction of sp³-hybridized carbons (Fsp3) is 0.909. The second-order valence-corrected chi connectivity index (χ2v) is 13.5. The van der Waals surface area contributed by atoms with Crippen LogP contribution >= 0.6 is 7.82 Å². The van der Waals surface area contributed by atoms with E-state index in [0.717, 1.165) is 38.5 Å². The molecule has 0 aromatic heterocycles. The van der Waals surface area contributed by atoms with Crippen LogP contribution in [0.1, 0.15) is 162 Å². The van der Waals surface area contributed by atoms with E-state index in [1.165, 1.54) is 83.5 Å². The highest BCUT2D eigenvalue weighted by Crippen LogP contribution is 2.43. The van der Waals surface area contributed by atoms with Crippen LogP contribution in [-0.2, 0) is 37.5 Å². The Bertz CT molecular complexity index is 797. The van der Waals surface area contributed by atoms with Gasteiger partial charge in [0.25, 0.3) is 0 Å². The lowest BCUT2D eigenvalue weighted by Crippen LogP contribution is -2.34. The maximum absolute atomic E-state index is 12.5. The van der Waals surface area contributed by atoms with Gasteiger partial charge < -0.3 is 25.2 Å². The zero-order valence-corrected chi connectivity index (χ0v) is 29.1. The van der Waals surface area contributed by atoms with Crippen molar-refractivity contribution in [1.82, 2.24) is 0 Å². The molecular formula is C33H64NO10P. The van der Waals surface area contributed by atoms with Gasteiger partial charge in [-0.05, 0) is 12.8 Å². The lowest BCUT2D eigenvalue weighted by molar-refractivity contribution is -0.161. The molecule has 11 nitrogen and oxygen atoms in total. The van der Waals surface area contributed by atoms with E-state index in [-0.39, 0.29) is 19.4 Å². The molecule has 3 unspecified atom stereocenters. The van der Waals surface area contributed by atoms with Crippen molar-refractivity contribution in [2.24, 2.45) is 5.73 Å². The average Bonchev–Trinajstić information content (AvgIpc) is 3.00. The number of hydrogen-bond acceptors (Lipinski definition) is 9. The van der Waals surface area contributed by atoms with Crippen LogP contribution in [0.25, 0.3) is 0 Å². The Labute approximate surface area is 272 Å². The van der Waals surface area contributed by atoms with Gasteiger partial charge in [0.15, 0.2) is 6.10 Å². The SMILES string of the molecule is CCCCCCCCCCCCCCC(=O)OC(COC(=O)CCCCCCCCCCC)COP(=O)(O)OCC(N)C(=O)O. The second-order valence-electron chi connectivity index (χ2n) is 12.0. The quantitative estimate of drug-likeness (QED) is 0.0352. The molecule has 45 heavy (non-hydrogen) atoms. The van der Waals surface area contributed by atoms with E-state index in [2.05, 4.69) is 18.4 Å². The highest BCUT2D eigenvalue weighted by atomic mass is 31.2. The lowest BCUT2D eigenvalue weighted by atomic mass is 10.0. The molecule has 0 aromatic carbocycles. The molecule has 0 heterocycles. The minimum absolute atomic E-state index is 0.168. The summed E-state index contributed by atoms with van der Waals surface area (Å²) in [5, 5.41) is 8.82. The van der Waals surface area contributed by atoms with Gasteiger partial charge in [-0.3, -0.25) is 23.4 Å². The number of nitrogens with two attached hydrogens (primary N) is 1. The fourth-order valence-corrected chi connectivity index (χ4v) is 5.55.